The van der Waals surface area contributed by atoms with Gasteiger partial charge in [-0.2, -0.15) is 0 Å². The van der Waals surface area contributed by atoms with Gasteiger partial charge in [-0.25, -0.2) is 0 Å². The molecule has 0 amide bonds. The van der Waals surface area contributed by atoms with Crippen molar-refractivity contribution in [1.82, 2.24) is 0 Å². The van der Waals surface area contributed by atoms with E-state index in [1.165, 1.54) is 33.4 Å². The molecule has 7 rings (SSSR count). The van der Waals surface area contributed by atoms with Crippen LogP contribution in [0.1, 0.15) is 33.4 Å². The summed E-state index contributed by atoms with van der Waals surface area (Å²) in [7, 11) is 0. The molecule has 1 aliphatic rings. The van der Waals surface area contributed by atoms with Gasteiger partial charge < -0.3 is 10.2 Å². The maximum absolute atomic E-state index is 10.2. The quantitative estimate of drug-likeness (QED) is 0.262. The van der Waals surface area contributed by atoms with E-state index in [9.17, 15) is 10.2 Å². The van der Waals surface area contributed by atoms with Crippen molar-refractivity contribution >= 4 is 21.5 Å². The van der Waals surface area contributed by atoms with E-state index in [2.05, 4.69) is 86.6 Å². The first kappa shape index (κ1) is 21.7. The van der Waals surface area contributed by atoms with Gasteiger partial charge in [-0.1, -0.05) is 72.8 Å². The minimum absolute atomic E-state index is 0.281. The van der Waals surface area contributed by atoms with Crippen molar-refractivity contribution in [3.63, 3.8) is 0 Å². The van der Waals surface area contributed by atoms with Gasteiger partial charge in [0.15, 0.2) is 0 Å². The maximum Gasteiger partial charge on any atom is 0.116 e. The molecule has 0 unspecified atom stereocenters. The van der Waals surface area contributed by atoms with Crippen molar-refractivity contribution in [2.75, 3.05) is 0 Å². The molecular weight excluding hydrogens is 452 g/mol. The predicted octanol–water partition coefficient (Wildman–Crippen LogP) is 8.38. The van der Waals surface area contributed by atoms with Crippen molar-refractivity contribution < 1.29 is 10.2 Å². The first-order valence-electron chi connectivity index (χ1n) is 12.6. The van der Waals surface area contributed by atoms with Crippen molar-refractivity contribution in [1.29, 1.82) is 0 Å². The molecule has 1 aliphatic carbocycles. The fourth-order valence-electron chi connectivity index (χ4n) is 6.52. The molecule has 0 aromatic heterocycles. The molecule has 0 fully saturated rings. The van der Waals surface area contributed by atoms with Crippen molar-refractivity contribution in [2.24, 2.45) is 0 Å². The highest BCUT2D eigenvalue weighted by Crippen LogP contribution is 2.57. The van der Waals surface area contributed by atoms with Gasteiger partial charge in [0, 0.05) is 0 Å². The molecule has 2 heteroatoms. The number of hydrogen-bond acceptors (Lipinski definition) is 2. The lowest BCUT2D eigenvalue weighted by Gasteiger charge is -2.35. The van der Waals surface area contributed by atoms with Crippen LogP contribution in [0.25, 0.3) is 32.7 Å². The molecule has 2 N–H and O–H groups in total. The Kier molecular flexibility index (Phi) is 4.53. The Bertz CT molecular complexity index is 1740. The zero-order chi connectivity index (χ0) is 25.3. The molecule has 0 bridgehead atoms. The number of aromatic hydroxyl groups is 2. The smallest absolute Gasteiger partial charge is 0.116 e. The van der Waals surface area contributed by atoms with Crippen LogP contribution in [-0.2, 0) is 5.41 Å². The van der Waals surface area contributed by atoms with E-state index in [4.69, 9.17) is 0 Å². The Morgan fingerprint density at radius 1 is 0.486 bits per heavy atom. The fraction of sp³-hybridized carbons (Fsp3) is 0.0857. The highest BCUT2D eigenvalue weighted by Gasteiger charge is 2.46. The minimum Gasteiger partial charge on any atom is -0.508 e. The van der Waals surface area contributed by atoms with Crippen LogP contribution in [0.2, 0.25) is 0 Å². The zero-order valence-electron chi connectivity index (χ0n) is 20.8. The summed E-state index contributed by atoms with van der Waals surface area (Å²) in [6.07, 6.45) is 0. The third kappa shape index (κ3) is 2.99. The number of phenolic OH excluding ortho intramolecular Hbond substituents is 2. The number of fused-ring (bicyclic) bond motifs is 5. The number of rotatable bonds is 2. The average molecular weight is 479 g/mol. The van der Waals surface area contributed by atoms with Crippen LogP contribution >= 0.6 is 0 Å². The second-order valence-corrected chi connectivity index (χ2v) is 10.2. The molecule has 0 saturated carbocycles. The summed E-state index contributed by atoms with van der Waals surface area (Å²) >= 11 is 0. The number of hydrogen-bond donors (Lipinski definition) is 2. The molecule has 6 aromatic carbocycles. The van der Waals surface area contributed by atoms with E-state index in [1.54, 1.807) is 12.1 Å². The monoisotopic (exact) mass is 478 g/mol. The molecule has 37 heavy (non-hydrogen) atoms. The van der Waals surface area contributed by atoms with E-state index >= 15 is 0 Å². The van der Waals surface area contributed by atoms with Gasteiger partial charge in [-0.15, -0.1) is 0 Å². The van der Waals surface area contributed by atoms with Crippen molar-refractivity contribution in [3.8, 4) is 22.6 Å². The molecule has 0 saturated heterocycles. The number of aryl methyl sites for hydroxylation is 2. The van der Waals surface area contributed by atoms with E-state index in [0.717, 1.165) is 32.7 Å². The van der Waals surface area contributed by atoms with E-state index in [0.29, 0.717) is 0 Å². The largest absolute Gasteiger partial charge is 0.508 e. The Morgan fingerprint density at radius 3 is 1.38 bits per heavy atom. The van der Waals surface area contributed by atoms with Crippen LogP contribution in [0.4, 0.5) is 0 Å². The summed E-state index contributed by atoms with van der Waals surface area (Å²) in [4.78, 5) is 0. The summed E-state index contributed by atoms with van der Waals surface area (Å²) in [6.45, 7) is 4.25. The van der Waals surface area contributed by atoms with E-state index < -0.39 is 5.41 Å². The SMILES string of the molecule is Cc1cc(C2(c3cc(C)c4cc(O)ccc4c3)c3ccccc3-c3ccccc32)cc2ccc(O)cc12. The van der Waals surface area contributed by atoms with Gasteiger partial charge in [0.05, 0.1) is 5.41 Å². The highest BCUT2D eigenvalue weighted by atomic mass is 16.3. The lowest BCUT2D eigenvalue weighted by molar-refractivity contribution is 0.475. The summed E-state index contributed by atoms with van der Waals surface area (Å²) in [5.41, 5.74) is 9.21. The lowest BCUT2D eigenvalue weighted by Crippen LogP contribution is -2.29. The van der Waals surface area contributed by atoms with E-state index in [-0.39, 0.29) is 11.5 Å². The van der Waals surface area contributed by atoms with Gasteiger partial charge in [0.25, 0.3) is 0 Å². The summed E-state index contributed by atoms with van der Waals surface area (Å²) in [5, 5.41) is 24.6. The molecule has 0 spiro atoms. The third-order valence-electron chi connectivity index (χ3n) is 8.11. The topological polar surface area (TPSA) is 40.5 Å². The fourth-order valence-corrected chi connectivity index (χ4v) is 6.52. The Morgan fingerprint density at radius 2 is 0.919 bits per heavy atom. The van der Waals surface area contributed by atoms with Crippen LogP contribution in [0.3, 0.4) is 0 Å². The Hall–Kier alpha value is -4.56. The number of phenols is 2. The molecule has 178 valence electrons. The average Bonchev–Trinajstić information content (AvgIpc) is 3.21. The highest BCUT2D eigenvalue weighted by molar-refractivity contribution is 5.94. The van der Waals surface area contributed by atoms with Crippen LogP contribution in [0.15, 0.2) is 109 Å². The maximum atomic E-state index is 10.2. The molecule has 0 atom stereocenters. The van der Waals surface area contributed by atoms with Crippen LogP contribution < -0.4 is 0 Å². The van der Waals surface area contributed by atoms with Crippen LogP contribution in [-0.4, -0.2) is 10.2 Å². The van der Waals surface area contributed by atoms with Gasteiger partial charge in [0.2, 0.25) is 0 Å². The summed E-state index contributed by atoms with van der Waals surface area (Å²) in [6, 6.07) is 37.9. The molecule has 2 nitrogen and oxygen atoms in total. The minimum atomic E-state index is -0.513. The zero-order valence-corrected chi connectivity index (χ0v) is 20.8. The normalized spacial score (nSPS) is 13.6. The standard InChI is InChI=1S/C35H26O2/c1-21-15-25(17-23-11-13-27(36)19-31(21)23)35(26-16-22(2)32-20-28(37)14-12-24(32)18-26)33-9-5-3-7-29(33)30-8-4-6-10-34(30)35/h3-20,36-37H,1-2H3. The number of benzene rings is 6. The summed E-state index contributed by atoms with van der Waals surface area (Å²) < 4.78 is 0. The first-order chi connectivity index (χ1) is 18.0. The van der Waals surface area contributed by atoms with Crippen molar-refractivity contribution in [2.45, 2.75) is 19.3 Å². The second-order valence-electron chi connectivity index (χ2n) is 10.2. The molecule has 0 heterocycles. The van der Waals surface area contributed by atoms with Gasteiger partial charge in [-0.05, 0) is 116 Å². The Balaban J connectivity index is 1.66. The molecule has 6 aromatic rings. The lowest BCUT2D eigenvalue weighted by atomic mass is 9.66. The molecular formula is C35H26O2. The molecule has 0 aliphatic heterocycles. The van der Waals surface area contributed by atoms with Crippen LogP contribution in [0.5, 0.6) is 11.5 Å². The predicted molar refractivity (Wildman–Crippen MR) is 152 cm³/mol. The summed E-state index contributed by atoms with van der Waals surface area (Å²) in [5.74, 6) is 0.561. The van der Waals surface area contributed by atoms with E-state index in [1.807, 2.05) is 24.3 Å². The van der Waals surface area contributed by atoms with Gasteiger partial charge >= 0.3 is 0 Å². The second kappa shape index (κ2) is 7.72. The molecule has 0 radical (unpaired) electrons. The van der Waals surface area contributed by atoms with Gasteiger partial charge in [0.1, 0.15) is 11.5 Å². The Labute approximate surface area is 216 Å². The van der Waals surface area contributed by atoms with Crippen LogP contribution in [0, 0.1) is 13.8 Å². The van der Waals surface area contributed by atoms with Gasteiger partial charge in [-0.3, -0.25) is 0 Å². The third-order valence-corrected chi connectivity index (χ3v) is 8.11. The first-order valence-corrected chi connectivity index (χ1v) is 12.6. The van der Waals surface area contributed by atoms with Crippen molar-refractivity contribution in [3.05, 3.63) is 143 Å².